The molecule has 7 heteroatoms. The number of nitrogens with one attached hydrogen (secondary N) is 1. The van der Waals surface area contributed by atoms with Gasteiger partial charge in [0.15, 0.2) is 0 Å². The normalized spacial score (nSPS) is 10.5. The zero-order chi connectivity index (χ0) is 20.1. The molecule has 1 heterocycles. The van der Waals surface area contributed by atoms with Gasteiger partial charge in [-0.25, -0.2) is 9.59 Å². The quantitative estimate of drug-likeness (QED) is 0.400. The summed E-state index contributed by atoms with van der Waals surface area (Å²) >= 11 is 0. The summed E-state index contributed by atoms with van der Waals surface area (Å²) < 4.78 is 15.8. The zero-order valence-electron chi connectivity index (χ0n) is 15.5. The molecule has 0 saturated carbocycles. The summed E-state index contributed by atoms with van der Waals surface area (Å²) in [5, 5.41) is 3.18. The SMILES string of the molecule is CCCNC(=O)c1cc2ccc(OC(=O)c3ccccc3OC)cc2oc1=O. The highest BCUT2D eigenvalue weighted by atomic mass is 16.5. The highest BCUT2D eigenvalue weighted by Gasteiger charge is 2.16. The standard InChI is InChI=1S/C21H19NO6/c1-3-10-22-19(23)16-11-13-8-9-14(12-18(13)28-21(16)25)27-20(24)15-6-4-5-7-17(15)26-2/h4-9,11-12H,3,10H2,1-2H3,(H,22,23). The summed E-state index contributed by atoms with van der Waals surface area (Å²) in [5.74, 6) is -0.490. The molecule has 0 radical (unpaired) electrons. The van der Waals surface area contributed by atoms with Gasteiger partial charge in [0.25, 0.3) is 5.91 Å². The van der Waals surface area contributed by atoms with Gasteiger partial charge in [-0.05, 0) is 36.8 Å². The molecule has 2 aromatic carbocycles. The van der Waals surface area contributed by atoms with Crippen LogP contribution in [0.4, 0.5) is 0 Å². The molecule has 0 unspecified atom stereocenters. The van der Waals surface area contributed by atoms with Gasteiger partial charge in [-0.3, -0.25) is 4.79 Å². The maximum absolute atomic E-state index is 12.4. The van der Waals surface area contributed by atoms with Crippen molar-refractivity contribution in [2.24, 2.45) is 0 Å². The first kappa shape index (κ1) is 19.2. The Kier molecular flexibility index (Phi) is 5.74. The third-order valence-electron chi connectivity index (χ3n) is 4.03. The van der Waals surface area contributed by atoms with Crippen molar-refractivity contribution in [3.8, 4) is 11.5 Å². The molecule has 28 heavy (non-hydrogen) atoms. The van der Waals surface area contributed by atoms with E-state index >= 15 is 0 Å². The van der Waals surface area contributed by atoms with Gasteiger partial charge >= 0.3 is 11.6 Å². The van der Waals surface area contributed by atoms with Crippen molar-refractivity contribution >= 4 is 22.8 Å². The number of benzene rings is 2. The smallest absolute Gasteiger partial charge is 0.349 e. The van der Waals surface area contributed by atoms with Crippen LogP contribution < -0.4 is 20.4 Å². The van der Waals surface area contributed by atoms with Crippen molar-refractivity contribution in [3.05, 3.63) is 70.1 Å². The minimum absolute atomic E-state index is 0.0697. The van der Waals surface area contributed by atoms with Gasteiger partial charge in [0.1, 0.15) is 28.2 Å². The highest BCUT2D eigenvalue weighted by Crippen LogP contribution is 2.24. The van der Waals surface area contributed by atoms with Gasteiger partial charge in [-0.2, -0.15) is 0 Å². The molecule has 7 nitrogen and oxygen atoms in total. The number of esters is 1. The zero-order valence-corrected chi connectivity index (χ0v) is 15.5. The van der Waals surface area contributed by atoms with E-state index < -0.39 is 17.5 Å². The number of para-hydroxylation sites is 1. The highest BCUT2D eigenvalue weighted by molar-refractivity contribution is 5.97. The average Bonchev–Trinajstić information content (AvgIpc) is 2.71. The number of hydrogen-bond donors (Lipinski definition) is 1. The minimum Gasteiger partial charge on any atom is -0.496 e. The maximum Gasteiger partial charge on any atom is 0.349 e. The van der Waals surface area contributed by atoms with Crippen LogP contribution in [0.1, 0.15) is 34.1 Å². The molecule has 0 bridgehead atoms. The number of carbonyl (C=O) groups excluding carboxylic acids is 2. The Morgan fingerprint density at radius 2 is 1.86 bits per heavy atom. The van der Waals surface area contributed by atoms with Gasteiger partial charge in [-0.1, -0.05) is 19.1 Å². The molecule has 1 amide bonds. The van der Waals surface area contributed by atoms with Crippen molar-refractivity contribution < 1.29 is 23.5 Å². The van der Waals surface area contributed by atoms with Gasteiger partial charge in [0.2, 0.25) is 0 Å². The number of carbonyl (C=O) groups is 2. The molecule has 0 aliphatic heterocycles. The van der Waals surface area contributed by atoms with Gasteiger partial charge in [-0.15, -0.1) is 0 Å². The maximum atomic E-state index is 12.4. The second-order valence-corrected chi connectivity index (χ2v) is 5.99. The van der Waals surface area contributed by atoms with Gasteiger partial charge in [0, 0.05) is 18.0 Å². The second kappa shape index (κ2) is 8.39. The van der Waals surface area contributed by atoms with Crippen LogP contribution in [-0.4, -0.2) is 25.5 Å². The predicted molar refractivity (Wildman–Crippen MR) is 103 cm³/mol. The largest absolute Gasteiger partial charge is 0.496 e. The molecule has 0 saturated heterocycles. The number of hydrogen-bond acceptors (Lipinski definition) is 6. The summed E-state index contributed by atoms with van der Waals surface area (Å²) in [6.07, 6.45) is 0.756. The van der Waals surface area contributed by atoms with E-state index in [1.165, 1.54) is 19.2 Å². The fourth-order valence-corrected chi connectivity index (χ4v) is 2.62. The second-order valence-electron chi connectivity index (χ2n) is 5.99. The van der Waals surface area contributed by atoms with Crippen LogP contribution in [0.5, 0.6) is 11.5 Å². The molecule has 0 aliphatic carbocycles. The van der Waals surface area contributed by atoms with Crippen molar-refractivity contribution in [1.82, 2.24) is 5.32 Å². The van der Waals surface area contributed by atoms with Crippen LogP contribution in [0, 0.1) is 0 Å². The van der Waals surface area contributed by atoms with E-state index in [0.717, 1.165) is 6.42 Å². The fraction of sp³-hybridized carbons (Fsp3) is 0.190. The Balaban J connectivity index is 1.87. The van der Waals surface area contributed by atoms with Crippen LogP contribution in [0.2, 0.25) is 0 Å². The summed E-state index contributed by atoms with van der Waals surface area (Å²) in [7, 11) is 1.46. The first-order valence-corrected chi connectivity index (χ1v) is 8.74. The summed E-state index contributed by atoms with van der Waals surface area (Å²) in [5.41, 5.74) is -0.342. The Bertz CT molecular complexity index is 1090. The minimum atomic E-state index is -0.755. The van der Waals surface area contributed by atoms with Gasteiger partial charge in [0.05, 0.1) is 7.11 Å². The van der Waals surface area contributed by atoms with E-state index in [0.29, 0.717) is 17.7 Å². The molecular weight excluding hydrogens is 362 g/mol. The van der Waals surface area contributed by atoms with Crippen LogP contribution in [-0.2, 0) is 0 Å². The number of fused-ring (bicyclic) bond motifs is 1. The number of rotatable bonds is 6. The topological polar surface area (TPSA) is 94.8 Å². The first-order valence-electron chi connectivity index (χ1n) is 8.74. The van der Waals surface area contributed by atoms with Crippen LogP contribution >= 0.6 is 0 Å². The van der Waals surface area contributed by atoms with Crippen molar-refractivity contribution in [2.45, 2.75) is 13.3 Å². The van der Waals surface area contributed by atoms with Crippen LogP contribution in [0.25, 0.3) is 11.0 Å². The molecule has 144 valence electrons. The molecule has 3 aromatic rings. The lowest BCUT2D eigenvalue weighted by molar-refractivity contribution is 0.0731. The number of methoxy groups -OCH3 is 1. The average molecular weight is 381 g/mol. The lowest BCUT2D eigenvalue weighted by atomic mass is 10.1. The molecule has 0 fully saturated rings. The van der Waals surface area contributed by atoms with Crippen LogP contribution in [0.15, 0.2) is 57.7 Å². The van der Waals surface area contributed by atoms with E-state index in [1.807, 2.05) is 6.92 Å². The summed E-state index contributed by atoms with van der Waals surface area (Å²) in [6.45, 7) is 2.38. The van der Waals surface area contributed by atoms with Gasteiger partial charge < -0.3 is 19.2 Å². The van der Waals surface area contributed by atoms with Crippen molar-refractivity contribution in [2.75, 3.05) is 13.7 Å². The fourth-order valence-electron chi connectivity index (χ4n) is 2.62. The van der Waals surface area contributed by atoms with E-state index in [9.17, 15) is 14.4 Å². The van der Waals surface area contributed by atoms with E-state index in [4.69, 9.17) is 13.9 Å². The molecule has 0 atom stereocenters. The first-order chi connectivity index (χ1) is 13.5. The Labute approximate surface area is 160 Å². The van der Waals surface area contributed by atoms with E-state index in [1.54, 1.807) is 36.4 Å². The van der Waals surface area contributed by atoms with E-state index in [2.05, 4.69) is 5.32 Å². The summed E-state index contributed by atoms with van der Waals surface area (Å²) in [6, 6.07) is 12.7. The molecular formula is C21H19NO6. The third kappa shape index (κ3) is 4.03. The Morgan fingerprint density at radius 3 is 2.61 bits per heavy atom. The van der Waals surface area contributed by atoms with E-state index in [-0.39, 0.29) is 22.5 Å². The predicted octanol–water partition coefficient (Wildman–Crippen LogP) is 3.16. The summed E-state index contributed by atoms with van der Waals surface area (Å²) in [4.78, 5) is 36.6. The molecule has 1 aromatic heterocycles. The Hall–Kier alpha value is -3.61. The van der Waals surface area contributed by atoms with Crippen molar-refractivity contribution in [3.63, 3.8) is 0 Å². The monoisotopic (exact) mass is 381 g/mol. The molecule has 3 rings (SSSR count). The Morgan fingerprint density at radius 1 is 1.07 bits per heavy atom. The third-order valence-corrected chi connectivity index (χ3v) is 4.03. The lowest BCUT2D eigenvalue weighted by Crippen LogP contribution is -2.28. The molecule has 0 aliphatic rings. The number of ether oxygens (including phenoxy) is 2. The van der Waals surface area contributed by atoms with Crippen molar-refractivity contribution in [1.29, 1.82) is 0 Å². The molecule has 0 spiro atoms. The number of amides is 1. The van der Waals surface area contributed by atoms with Crippen LogP contribution in [0.3, 0.4) is 0 Å². The lowest BCUT2D eigenvalue weighted by Gasteiger charge is -2.09. The molecule has 1 N–H and O–H groups in total.